The third kappa shape index (κ3) is 3.19. The van der Waals surface area contributed by atoms with E-state index in [1.54, 1.807) is 12.3 Å². The molecule has 0 bridgehead atoms. The number of amides is 1. The Hall–Kier alpha value is -2.12. The Morgan fingerprint density at radius 1 is 1.17 bits per heavy atom. The van der Waals surface area contributed by atoms with Crippen LogP contribution in [0, 0.1) is 11.8 Å². The van der Waals surface area contributed by atoms with E-state index in [4.69, 9.17) is 5.73 Å². The van der Waals surface area contributed by atoms with Crippen LogP contribution in [0.15, 0.2) is 47.2 Å². The van der Waals surface area contributed by atoms with Gasteiger partial charge < -0.3 is 5.73 Å². The van der Waals surface area contributed by atoms with Crippen molar-refractivity contribution in [2.45, 2.75) is 0 Å². The first kappa shape index (κ1) is 12.3. The second kappa shape index (κ2) is 5.48. The summed E-state index contributed by atoms with van der Waals surface area (Å²) in [5.41, 5.74) is 7.08. The van der Waals surface area contributed by atoms with Gasteiger partial charge in [-0.2, -0.15) is 0 Å². The van der Waals surface area contributed by atoms with E-state index in [1.807, 2.05) is 24.3 Å². The number of primary amides is 1. The lowest BCUT2D eigenvalue weighted by Crippen LogP contribution is -2.11. The van der Waals surface area contributed by atoms with Gasteiger partial charge in [0.15, 0.2) is 0 Å². The Labute approximate surface area is 113 Å². The Morgan fingerprint density at radius 2 is 1.94 bits per heavy atom. The summed E-state index contributed by atoms with van der Waals surface area (Å²) in [4.78, 5) is 14.9. The third-order valence-electron chi connectivity index (χ3n) is 2.20. The van der Waals surface area contributed by atoms with Gasteiger partial charge in [-0.05, 0) is 24.3 Å². The average molecular weight is 301 g/mol. The molecule has 2 rings (SSSR count). The molecule has 0 radical (unpaired) electrons. The highest BCUT2D eigenvalue weighted by Gasteiger charge is 2.00. The van der Waals surface area contributed by atoms with Gasteiger partial charge in [-0.25, -0.2) is 0 Å². The number of carbonyl (C=O) groups excluding carboxylic acids is 1. The van der Waals surface area contributed by atoms with Crippen LogP contribution >= 0.6 is 15.9 Å². The van der Waals surface area contributed by atoms with Crippen molar-refractivity contribution < 1.29 is 4.79 Å². The zero-order chi connectivity index (χ0) is 13.0. The molecule has 18 heavy (non-hydrogen) atoms. The lowest BCUT2D eigenvalue weighted by Gasteiger charge is -1.95. The fourth-order valence-electron chi connectivity index (χ4n) is 1.35. The molecule has 1 heterocycles. The Bertz CT molecular complexity index is 656. The van der Waals surface area contributed by atoms with Crippen LogP contribution in [0.25, 0.3) is 0 Å². The molecule has 0 saturated heterocycles. The summed E-state index contributed by atoms with van der Waals surface area (Å²) >= 11 is 3.38. The van der Waals surface area contributed by atoms with Crippen LogP contribution in [0.4, 0.5) is 0 Å². The number of pyridine rings is 1. The first-order valence-corrected chi connectivity index (χ1v) is 5.97. The molecule has 4 heteroatoms. The fraction of sp³-hybridized carbons (Fsp3) is 0. The van der Waals surface area contributed by atoms with Gasteiger partial charge in [0, 0.05) is 28.0 Å². The molecule has 0 fully saturated rings. The zero-order valence-electron chi connectivity index (χ0n) is 9.35. The summed E-state index contributed by atoms with van der Waals surface area (Å²) in [6.07, 6.45) is 3.02. The Morgan fingerprint density at radius 3 is 2.67 bits per heavy atom. The van der Waals surface area contributed by atoms with E-state index in [0.717, 1.165) is 10.0 Å². The number of nitrogens with two attached hydrogens (primary N) is 1. The summed E-state index contributed by atoms with van der Waals surface area (Å²) in [5.74, 6) is 5.43. The largest absolute Gasteiger partial charge is 0.366 e. The summed E-state index contributed by atoms with van der Waals surface area (Å²) in [7, 11) is 0. The van der Waals surface area contributed by atoms with E-state index in [9.17, 15) is 4.79 Å². The monoisotopic (exact) mass is 300 g/mol. The average Bonchev–Trinajstić information content (AvgIpc) is 2.37. The molecule has 0 aliphatic heterocycles. The number of hydrogen-bond acceptors (Lipinski definition) is 2. The first-order valence-electron chi connectivity index (χ1n) is 5.17. The summed E-state index contributed by atoms with van der Waals surface area (Å²) < 4.78 is 0.971. The standard InChI is InChI=1S/C14H9BrN2O/c15-13-3-1-2-10(7-13)4-5-11-6-12(14(16)18)9-17-8-11/h1-3,6-9H,(H2,16,18). The lowest BCUT2D eigenvalue weighted by molar-refractivity contribution is 0.1000. The number of aromatic nitrogens is 1. The number of rotatable bonds is 1. The van der Waals surface area contributed by atoms with Crippen LogP contribution in [-0.4, -0.2) is 10.9 Å². The maximum atomic E-state index is 11.0. The molecule has 0 saturated carbocycles. The molecule has 2 aromatic rings. The van der Waals surface area contributed by atoms with Crippen LogP contribution in [0.3, 0.4) is 0 Å². The molecular weight excluding hydrogens is 292 g/mol. The van der Waals surface area contributed by atoms with Gasteiger partial charge >= 0.3 is 0 Å². The van der Waals surface area contributed by atoms with Crippen LogP contribution in [-0.2, 0) is 0 Å². The highest BCUT2D eigenvalue weighted by molar-refractivity contribution is 9.10. The number of nitrogens with zero attached hydrogens (tertiary/aromatic N) is 1. The van der Waals surface area contributed by atoms with Gasteiger partial charge in [-0.15, -0.1) is 0 Å². The topological polar surface area (TPSA) is 56.0 Å². The molecule has 0 spiro atoms. The Kier molecular flexibility index (Phi) is 3.75. The minimum Gasteiger partial charge on any atom is -0.366 e. The second-order valence-corrected chi connectivity index (χ2v) is 4.50. The second-order valence-electron chi connectivity index (χ2n) is 3.59. The molecular formula is C14H9BrN2O. The van der Waals surface area contributed by atoms with E-state index in [2.05, 4.69) is 32.8 Å². The van der Waals surface area contributed by atoms with Crippen molar-refractivity contribution in [2.24, 2.45) is 5.73 Å². The lowest BCUT2D eigenvalue weighted by atomic mass is 10.2. The van der Waals surface area contributed by atoms with E-state index >= 15 is 0 Å². The molecule has 1 aromatic carbocycles. The minimum atomic E-state index is -0.506. The summed E-state index contributed by atoms with van der Waals surface area (Å²) in [6, 6.07) is 9.29. The van der Waals surface area contributed by atoms with E-state index in [1.165, 1.54) is 6.20 Å². The minimum absolute atomic E-state index is 0.357. The van der Waals surface area contributed by atoms with Crippen molar-refractivity contribution in [3.63, 3.8) is 0 Å². The van der Waals surface area contributed by atoms with Crippen molar-refractivity contribution in [2.75, 3.05) is 0 Å². The van der Waals surface area contributed by atoms with E-state index < -0.39 is 5.91 Å². The maximum Gasteiger partial charge on any atom is 0.250 e. The molecule has 0 aliphatic rings. The summed E-state index contributed by atoms with van der Waals surface area (Å²) in [6.45, 7) is 0. The molecule has 3 nitrogen and oxygen atoms in total. The third-order valence-corrected chi connectivity index (χ3v) is 2.69. The van der Waals surface area contributed by atoms with Gasteiger partial charge in [0.05, 0.1) is 5.56 Å². The predicted octanol–water partition coefficient (Wildman–Crippen LogP) is 2.34. The van der Waals surface area contributed by atoms with Gasteiger partial charge in [0.2, 0.25) is 5.91 Å². The van der Waals surface area contributed by atoms with Gasteiger partial charge in [-0.1, -0.05) is 33.8 Å². The highest BCUT2D eigenvalue weighted by Crippen LogP contribution is 2.10. The van der Waals surface area contributed by atoms with Crippen LogP contribution in [0.1, 0.15) is 21.5 Å². The quantitative estimate of drug-likeness (QED) is 0.822. The molecule has 0 unspecified atom stereocenters. The predicted molar refractivity (Wildman–Crippen MR) is 72.9 cm³/mol. The summed E-state index contributed by atoms with van der Waals surface area (Å²) in [5, 5.41) is 0. The van der Waals surface area contributed by atoms with Crippen molar-refractivity contribution in [3.05, 3.63) is 63.9 Å². The van der Waals surface area contributed by atoms with Gasteiger partial charge in [0.1, 0.15) is 0 Å². The van der Waals surface area contributed by atoms with Crippen molar-refractivity contribution in [1.82, 2.24) is 4.98 Å². The number of carbonyl (C=O) groups is 1. The Balaban J connectivity index is 2.30. The van der Waals surface area contributed by atoms with E-state index in [0.29, 0.717) is 11.1 Å². The zero-order valence-corrected chi connectivity index (χ0v) is 10.9. The SMILES string of the molecule is NC(=O)c1cncc(C#Cc2cccc(Br)c2)c1. The van der Waals surface area contributed by atoms with Crippen LogP contribution in [0.2, 0.25) is 0 Å². The molecule has 2 N–H and O–H groups in total. The van der Waals surface area contributed by atoms with Gasteiger partial charge in [-0.3, -0.25) is 9.78 Å². The molecule has 1 amide bonds. The van der Waals surface area contributed by atoms with Crippen LogP contribution in [0.5, 0.6) is 0 Å². The number of benzene rings is 1. The normalized spacial score (nSPS) is 9.39. The molecule has 0 aliphatic carbocycles. The van der Waals surface area contributed by atoms with Crippen LogP contribution < -0.4 is 5.73 Å². The molecule has 88 valence electrons. The number of halogens is 1. The number of hydrogen-bond donors (Lipinski definition) is 1. The first-order chi connectivity index (χ1) is 8.65. The fourth-order valence-corrected chi connectivity index (χ4v) is 1.75. The van der Waals surface area contributed by atoms with Crippen molar-refractivity contribution >= 4 is 21.8 Å². The smallest absolute Gasteiger partial charge is 0.250 e. The molecule has 1 aromatic heterocycles. The van der Waals surface area contributed by atoms with Crippen molar-refractivity contribution in [1.29, 1.82) is 0 Å². The van der Waals surface area contributed by atoms with Gasteiger partial charge in [0.25, 0.3) is 0 Å². The van der Waals surface area contributed by atoms with Crippen molar-refractivity contribution in [3.8, 4) is 11.8 Å². The highest BCUT2D eigenvalue weighted by atomic mass is 79.9. The van der Waals surface area contributed by atoms with E-state index in [-0.39, 0.29) is 0 Å². The maximum absolute atomic E-state index is 11.0. The molecule has 0 atom stereocenters.